The Morgan fingerprint density at radius 1 is 1.00 bits per heavy atom. The minimum Gasteiger partial charge on any atom is -0.459 e. The third-order valence-corrected chi connectivity index (χ3v) is 4.23. The van der Waals surface area contributed by atoms with Gasteiger partial charge >= 0.3 is 0 Å². The molecule has 21 heavy (non-hydrogen) atoms. The van der Waals surface area contributed by atoms with Gasteiger partial charge in [0.25, 0.3) is 0 Å². The maximum Gasteiger partial charge on any atom is 0.134 e. The monoisotopic (exact) mass is 319 g/mol. The van der Waals surface area contributed by atoms with E-state index in [4.69, 9.17) is 27.6 Å². The highest BCUT2D eigenvalue weighted by Gasteiger charge is 2.18. The smallest absolute Gasteiger partial charge is 0.134 e. The molecule has 0 saturated heterocycles. The summed E-state index contributed by atoms with van der Waals surface area (Å²) < 4.78 is 5.96. The summed E-state index contributed by atoms with van der Waals surface area (Å²) in [6, 6.07) is 13.4. The lowest BCUT2D eigenvalue weighted by molar-refractivity contribution is 0.522. The molecule has 2 aromatic carbocycles. The fourth-order valence-corrected chi connectivity index (χ4v) is 3.03. The van der Waals surface area contributed by atoms with Gasteiger partial charge in [-0.05, 0) is 32.0 Å². The largest absolute Gasteiger partial charge is 0.459 e. The number of hydrogen-bond acceptors (Lipinski definition) is 2. The lowest BCUT2D eigenvalue weighted by Gasteiger charge is -2.16. The summed E-state index contributed by atoms with van der Waals surface area (Å²) in [4.78, 5) is 0. The molecule has 0 aliphatic carbocycles. The molecule has 0 radical (unpaired) electrons. The molecule has 1 unspecified atom stereocenters. The Kier molecular flexibility index (Phi) is 3.83. The molecule has 0 saturated carbocycles. The summed E-state index contributed by atoms with van der Waals surface area (Å²) in [5.74, 6) is 0.896. The average Bonchev–Trinajstić information content (AvgIpc) is 2.81. The molecule has 3 aromatic rings. The van der Waals surface area contributed by atoms with Crippen molar-refractivity contribution in [2.45, 2.75) is 19.9 Å². The van der Waals surface area contributed by atoms with Gasteiger partial charge in [-0.25, -0.2) is 0 Å². The number of nitrogens with one attached hydrogen (secondary N) is 1. The van der Waals surface area contributed by atoms with Gasteiger partial charge in [0.1, 0.15) is 11.3 Å². The first-order chi connectivity index (χ1) is 10.1. The maximum atomic E-state index is 6.20. The van der Waals surface area contributed by atoms with E-state index in [1.165, 1.54) is 0 Å². The number of hydrogen-bond donors (Lipinski definition) is 1. The zero-order valence-corrected chi connectivity index (χ0v) is 13.3. The Morgan fingerprint density at radius 2 is 1.67 bits per heavy atom. The van der Waals surface area contributed by atoms with Crippen LogP contribution in [0.5, 0.6) is 0 Å². The van der Waals surface area contributed by atoms with E-state index in [1.807, 2.05) is 43.3 Å². The zero-order valence-electron chi connectivity index (χ0n) is 11.8. The number of rotatable bonds is 3. The second-order valence-corrected chi connectivity index (χ2v) is 5.86. The normalized spacial score (nSPS) is 12.6. The van der Waals surface area contributed by atoms with E-state index in [9.17, 15) is 0 Å². The first-order valence-corrected chi connectivity index (χ1v) is 7.52. The van der Waals surface area contributed by atoms with E-state index >= 15 is 0 Å². The highest BCUT2D eigenvalue weighted by Crippen LogP contribution is 2.35. The lowest BCUT2D eigenvalue weighted by atomic mass is 10.1. The van der Waals surface area contributed by atoms with Crippen molar-refractivity contribution in [2.75, 3.05) is 5.32 Å². The van der Waals surface area contributed by atoms with Crippen molar-refractivity contribution in [1.29, 1.82) is 0 Å². The summed E-state index contributed by atoms with van der Waals surface area (Å²) in [6.07, 6.45) is 0. The highest BCUT2D eigenvalue weighted by molar-refractivity contribution is 6.39. The highest BCUT2D eigenvalue weighted by atomic mass is 35.5. The summed E-state index contributed by atoms with van der Waals surface area (Å²) in [5, 5.41) is 5.67. The van der Waals surface area contributed by atoms with Crippen LogP contribution in [0.4, 0.5) is 5.69 Å². The molecular formula is C17H15Cl2NO. The molecule has 0 aliphatic heterocycles. The molecule has 1 aromatic heterocycles. The topological polar surface area (TPSA) is 25.2 Å². The van der Waals surface area contributed by atoms with E-state index in [0.29, 0.717) is 10.0 Å². The van der Waals surface area contributed by atoms with Crippen LogP contribution in [-0.4, -0.2) is 0 Å². The summed E-state index contributed by atoms with van der Waals surface area (Å²) >= 11 is 12.4. The molecule has 0 fully saturated rings. The predicted octanol–water partition coefficient (Wildman–Crippen LogP) is 6.22. The summed E-state index contributed by atoms with van der Waals surface area (Å²) in [5.41, 5.74) is 2.76. The van der Waals surface area contributed by atoms with Crippen molar-refractivity contribution in [3.8, 4) is 0 Å². The van der Waals surface area contributed by atoms with E-state index in [2.05, 4.69) is 18.3 Å². The second-order valence-electron chi connectivity index (χ2n) is 5.05. The van der Waals surface area contributed by atoms with Gasteiger partial charge in [-0.15, -0.1) is 0 Å². The van der Waals surface area contributed by atoms with Crippen molar-refractivity contribution in [3.63, 3.8) is 0 Å². The minimum atomic E-state index is -0.0326. The fraction of sp³-hybridized carbons (Fsp3) is 0.176. The molecule has 2 nitrogen and oxygen atoms in total. The average molecular weight is 320 g/mol. The number of fused-ring (bicyclic) bond motifs is 1. The first kappa shape index (κ1) is 14.3. The Labute approximate surface area is 133 Å². The van der Waals surface area contributed by atoms with Gasteiger partial charge in [0, 0.05) is 10.9 Å². The molecule has 0 bridgehead atoms. The molecule has 0 aliphatic rings. The van der Waals surface area contributed by atoms with Crippen LogP contribution in [0.1, 0.15) is 24.3 Å². The number of halogens is 2. The van der Waals surface area contributed by atoms with E-state index in [-0.39, 0.29) is 6.04 Å². The molecule has 0 amide bonds. The number of furan rings is 1. The van der Waals surface area contributed by atoms with Crippen LogP contribution >= 0.6 is 23.2 Å². The molecule has 4 heteroatoms. The van der Waals surface area contributed by atoms with Crippen LogP contribution in [-0.2, 0) is 0 Å². The quantitative estimate of drug-likeness (QED) is 0.619. The second kappa shape index (κ2) is 5.63. The molecule has 0 spiro atoms. The van der Waals surface area contributed by atoms with E-state index in [1.54, 1.807) is 0 Å². The lowest BCUT2D eigenvalue weighted by Crippen LogP contribution is -2.07. The first-order valence-electron chi connectivity index (χ1n) is 6.76. The van der Waals surface area contributed by atoms with Crippen LogP contribution in [0, 0.1) is 6.92 Å². The zero-order chi connectivity index (χ0) is 15.0. The van der Waals surface area contributed by atoms with Gasteiger partial charge in [-0.3, -0.25) is 0 Å². The SMILES string of the molecule is Cc1c(C(C)Nc2c(Cl)cccc2Cl)oc2ccccc12. The van der Waals surface area contributed by atoms with Crippen molar-refractivity contribution in [1.82, 2.24) is 0 Å². The molecule has 1 heterocycles. The Bertz CT molecular complexity index is 774. The van der Waals surface area contributed by atoms with Gasteiger partial charge in [0.15, 0.2) is 0 Å². The van der Waals surface area contributed by atoms with Gasteiger partial charge in [0.05, 0.1) is 21.8 Å². The predicted molar refractivity (Wildman–Crippen MR) is 89.5 cm³/mol. The molecule has 1 N–H and O–H groups in total. The number of benzene rings is 2. The standard InChI is InChI=1S/C17H15Cl2NO/c1-10-12-6-3-4-9-15(12)21-17(10)11(2)20-16-13(18)7-5-8-14(16)19/h3-9,11,20H,1-2H3. The van der Waals surface area contributed by atoms with Crippen LogP contribution < -0.4 is 5.32 Å². The number of aryl methyl sites for hydroxylation is 1. The minimum absolute atomic E-state index is 0.0326. The van der Waals surface area contributed by atoms with Crippen molar-refractivity contribution < 1.29 is 4.42 Å². The fourth-order valence-electron chi connectivity index (χ4n) is 2.52. The third kappa shape index (κ3) is 2.61. The van der Waals surface area contributed by atoms with Crippen molar-refractivity contribution in [3.05, 3.63) is 63.8 Å². The van der Waals surface area contributed by atoms with Gasteiger partial charge in [0.2, 0.25) is 0 Å². The number of anilines is 1. The maximum absolute atomic E-state index is 6.20. The number of para-hydroxylation sites is 2. The van der Waals surface area contributed by atoms with Gasteiger partial charge < -0.3 is 9.73 Å². The van der Waals surface area contributed by atoms with Crippen LogP contribution in [0.15, 0.2) is 46.9 Å². The Hall–Kier alpha value is -1.64. The summed E-state index contributed by atoms with van der Waals surface area (Å²) in [6.45, 7) is 4.10. The van der Waals surface area contributed by atoms with Crippen LogP contribution in [0.25, 0.3) is 11.0 Å². The molecular weight excluding hydrogens is 305 g/mol. The Balaban J connectivity index is 1.97. The van der Waals surface area contributed by atoms with E-state index < -0.39 is 0 Å². The Morgan fingerprint density at radius 3 is 2.33 bits per heavy atom. The molecule has 108 valence electrons. The molecule has 3 rings (SSSR count). The summed E-state index contributed by atoms with van der Waals surface area (Å²) in [7, 11) is 0. The van der Waals surface area contributed by atoms with Gasteiger partial charge in [-0.2, -0.15) is 0 Å². The van der Waals surface area contributed by atoms with Gasteiger partial charge in [-0.1, -0.05) is 47.5 Å². The van der Waals surface area contributed by atoms with Crippen molar-refractivity contribution >= 4 is 39.9 Å². The van der Waals surface area contributed by atoms with E-state index in [0.717, 1.165) is 28.0 Å². The van der Waals surface area contributed by atoms with Crippen LogP contribution in [0.3, 0.4) is 0 Å². The third-order valence-electron chi connectivity index (χ3n) is 3.60. The van der Waals surface area contributed by atoms with Crippen molar-refractivity contribution in [2.24, 2.45) is 0 Å². The molecule has 1 atom stereocenters. The van der Waals surface area contributed by atoms with Crippen LogP contribution in [0.2, 0.25) is 10.0 Å².